The summed E-state index contributed by atoms with van der Waals surface area (Å²) in [6, 6.07) is 37.9. The molecule has 0 aliphatic carbocycles. The zero-order chi connectivity index (χ0) is 33.2. The Kier molecular flexibility index (Phi) is 11.1. The minimum atomic E-state index is -0.645. The van der Waals surface area contributed by atoms with Crippen LogP contribution in [0.25, 0.3) is 6.08 Å². The van der Waals surface area contributed by atoms with E-state index in [0.717, 1.165) is 21.6 Å². The number of hydrogen-bond donors (Lipinski definition) is 3. The van der Waals surface area contributed by atoms with E-state index >= 15 is 0 Å². The fourth-order valence-corrected chi connectivity index (χ4v) is 5.89. The molecule has 0 aromatic heterocycles. The molecule has 0 fully saturated rings. The number of amides is 3. The molecule has 1 unspecified atom stereocenters. The van der Waals surface area contributed by atoms with Crippen LogP contribution < -0.4 is 20.7 Å². The van der Waals surface area contributed by atoms with Crippen molar-refractivity contribution >= 4 is 58.5 Å². The molecule has 7 nitrogen and oxygen atoms in total. The number of anilines is 2. The third kappa shape index (κ3) is 9.13. The number of carbonyl (C=O) groups is 3. The van der Waals surface area contributed by atoms with Gasteiger partial charge in [-0.3, -0.25) is 14.4 Å². The van der Waals surface area contributed by atoms with Gasteiger partial charge in [-0.05, 0) is 72.7 Å². The molecule has 9 heteroatoms. The number of ether oxygens (including phenoxy) is 1. The van der Waals surface area contributed by atoms with E-state index in [0.29, 0.717) is 27.7 Å². The van der Waals surface area contributed by atoms with Crippen molar-refractivity contribution in [3.05, 3.63) is 160 Å². The van der Waals surface area contributed by atoms with Crippen LogP contribution in [-0.4, -0.2) is 24.8 Å². The molecule has 0 aliphatic heterocycles. The fourth-order valence-electron chi connectivity index (χ4n) is 4.63. The van der Waals surface area contributed by atoms with E-state index in [1.54, 1.807) is 66.7 Å². The first-order valence-corrected chi connectivity index (χ1v) is 16.0. The van der Waals surface area contributed by atoms with Gasteiger partial charge in [0.2, 0.25) is 5.91 Å². The van der Waals surface area contributed by atoms with Crippen LogP contribution in [0.3, 0.4) is 0 Å². The summed E-state index contributed by atoms with van der Waals surface area (Å²) in [5.41, 5.74) is 4.08. The number of hydrogen-bond acceptors (Lipinski definition) is 5. The van der Waals surface area contributed by atoms with Crippen molar-refractivity contribution in [2.75, 3.05) is 17.7 Å². The number of aryl methyl sites for hydroxylation is 1. The zero-order valence-electron chi connectivity index (χ0n) is 25.7. The van der Waals surface area contributed by atoms with E-state index < -0.39 is 17.1 Å². The van der Waals surface area contributed by atoms with E-state index in [1.165, 1.54) is 18.9 Å². The third-order valence-corrected chi connectivity index (χ3v) is 8.51. The molecule has 1 atom stereocenters. The SMILES string of the molecule is COc1ccc(Cl)cc1NC(=O)C(Sc1cccc(NC(=O)/C(=C\c2ccc(C)cc2)NC(=O)c2ccccc2)c1)c1ccccc1. The summed E-state index contributed by atoms with van der Waals surface area (Å²) in [7, 11) is 1.52. The van der Waals surface area contributed by atoms with Gasteiger partial charge in [-0.2, -0.15) is 0 Å². The van der Waals surface area contributed by atoms with Gasteiger partial charge in [0, 0.05) is 21.2 Å². The lowest BCUT2D eigenvalue weighted by atomic mass is 10.1. The van der Waals surface area contributed by atoms with Crippen LogP contribution in [0.1, 0.15) is 32.3 Å². The van der Waals surface area contributed by atoms with Crippen LogP contribution in [0.5, 0.6) is 5.75 Å². The first kappa shape index (κ1) is 33.1. The van der Waals surface area contributed by atoms with E-state index in [9.17, 15) is 14.4 Å². The number of rotatable bonds is 11. The monoisotopic (exact) mass is 661 g/mol. The smallest absolute Gasteiger partial charge is 0.272 e. The highest BCUT2D eigenvalue weighted by atomic mass is 35.5. The van der Waals surface area contributed by atoms with E-state index in [2.05, 4.69) is 16.0 Å². The van der Waals surface area contributed by atoms with Crippen LogP contribution in [0, 0.1) is 6.92 Å². The van der Waals surface area contributed by atoms with Crippen molar-refractivity contribution < 1.29 is 19.1 Å². The van der Waals surface area contributed by atoms with E-state index in [4.69, 9.17) is 16.3 Å². The van der Waals surface area contributed by atoms with Gasteiger partial charge in [-0.1, -0.05) is 96.0 Å². The van der Waals surface area contributed by atoms with Crippen LogP contribution in [0.15, 0.2) is 138 Å². The van der Waals surface area contributed by atoms with Crippen LogP contribution in [0.2, 0.25) is 5.02 Å². The van der Waals surface area contributed by atoms with Crippen molar-refractivity contribution in [3.8, 4) is 5.75 Å². The number of halogens is 1. The maximum Gasteiger partial charge on any atom is 0.272 e. The summed E-state index contributed by atoms with van der Waals surface area (Å²) in [5, 5.41) is 8.45. The van der Waals surface area contributed by atoms with Crippen molar-refractivity contribution in [2.24, 2.45) is 0 Å². The molecule has 0 saturated heterocycles. The molecule has 0 saturated carbocycles. The molecule has 3 N–H and O–H groups in total. The minimum absolute atomic E-state index is 0.0813. The van der Waals surface area contributed by atoms with Gasteiger partial charge in [0.25, 0.3) is 11.8 Å². The van der Waals surface area contributed by atoms with Crippen molar-refractivity contribution in [1.29, 1.82) is 0 Å². The van der Waals surface area contributed by atoms with Crippen molar-refractivity contribution in [2.45, 2.75) is 17.1 Å². The molecule has 236 valence electrons. The summed E-state index contributed by atoms with van der Waals surface area (Å²) < 4.78 is 5.42. The molecule has 5 aromatic carbocycles. The summed E-state index contributed by atoms with van der Waals surface area (Å²) >= 11 is 7.53. The third-order valence-electron chi connectivity index (χ3n) is 7.02. The highest BCUT2D eigenvalue weighted by molar-refractivity contribution is 8.00. The molecule has 0 radical (unpaired) electrons. The Hall–Kier alpha value is -5.31. The maximum absolute atomic E-state index is 13.7. The topological polar surface area (TPSA) is 96.5 Å². The average molecular weight is 662 g/mol. The minimum Gasteiger partial charge on any atom is -0.495 e. The van der Waals surface area contributed by atoms with Gasteiger partial charge in [0.05, 0.1) is 12.8 Å². The lowest BCUT2D eigenvalue weighted by Gasteiger charge is -2.19. The normalized spacial score (nSPS) is 11.7. The summed E-state index contributed by atoms with van der Waals surface area (Å²) in [6.45, 7) is 1.98. The molecule has 47 heavy (non-hydrogen) atoms. The predicted octanol–water partition coefficient (Wildman–Crippen LogP) is 8.54. The number of nitrogens with one attached hydrogen (secondary N) is 3. The Morgan fingerprint density at radius 3 is 2.19 bits per heavy atom. The van der Waals surface area contributed by atoms with Crippen LogP contribution in [0.4, 0.5) is 11.4 Å². The lowest BCUT2D eigenvalue weighted by Crippen LogP contribution is -2.30. The maximum atomic E-state index is 13.7. The molecule has 0 spiro atoms. The Morgan fingerprint density at radius 2 is 1.49 bits per heavy atom. The quantitative estimate of drug-likeness (QED) is 0.0974. The Labute approximate surface area is 283 Å². The van der Waals surface area contributed by atoms with E-state index in [-0.39, 0.29) is 11.6 Å². The Balaban J connectivity index is 1.38. The lowest BCUT2D eigenvalue weighted by molar-refractivity contribution is -0.116. The zero-order valence-corrected chi connectivity index (χ0v) is 27.3. The fraction of sp³-hybridized carbons (Fsp3) is 0.0789. The highest BCUT2D eigenvalue weighted by Crippen LogP contribution is 2.38. The first-order chi connectivity index (χ1) is 22.8. The Morgan fingerprint density at radius 1 is 0.787 bits per heavy atom. The molecule has 0 aliphatic rings. The van der Waals surface area contributed by atoms with Gasteiger partial charge in [-0.15, -0.1) is 11.8 Å². The summed E-state index contributed by atoms with van der Waals surface area (Å²) in [4.78, 5) is 41.1. The van der Waals surface area contributed by atoms with Gasteiger partial charge >= 0.3 is 0 Å². The summed E-state index contributed by atoms with van der Waals surface area (Å²) in [5.74, 6) is -0.694. The molecule has 5 aromatic rings. The molecule has 0 bridgehead atoms. The average Bonchev–Trinajstić information content (AvgIpc) is 3.09. The van der Waals surface area contributed by atoms with Gasteiger partial charge in [0.15, 0.2) is 0 Å². The molecule has 0 heterocycles. The van der Waals surface area contributed by atoms with Crippen molar-refractivity contribution in [1.82, 2.24) is 5.32 Å². The molecular formula is C38H32ClN3O4S. The highest BCUT2D eigenvalue weighted by Gasteiger charge is 2.24. The van der Waals surface area contributed by atoms with Gasteiger partial charge < -0.3 is 20.7 Å². The number of carbonyl (C=O) groups excluding carboxylic acids is 3. The number of methoxy groups -OCH3 is 1. The molecule has 3 amide bonds. The number of thioether (sulfide) groups is 1. The first-order valence-electron chi connectivity index (χ1n) is 14.7. The summed E-state index contributed by atoms with van der Waals surface area (Å²) in [6.07, 6.45) is 1.63. The molecular weight excluding hydrogens is 630 g/mol. The standard InChI is InChI=1S/C38H32ClN3O4S/c1-25-16-18-26(19-17-25)22-33(42-36(43)28-12-7-4-8-13-28)37(44)40-30-14-9-15-31(24-30)47-35(27-10-5-3-6-11-27)38(45)41-32-23-29(39)20-21-34(32)46-2/h3-24,35H,1-2H3,(H,40,44)(H,41,45)(H,42,43)/b33-22+. The second-order valence-corrected chi connectivity index (χ2v) is 12.1. The van der Waals surface area contributed by atoms with Gasteiger partial charge in [-0.25, -0.2) is 0 Å². The second kappa shape index (κ2) is 15.8. The second-order valence-electron chi connectivity index (χ2n) is 10.5. The van der Waals surface area contributed by atoms with Crippen LogP contribution in [-0.2, 0) is 9.59 Å². The Bertz CT molecular complexity index is 1900. The van der Waals surface area contributed by atoms with E-state index in [1.807, 2.05) is 73.7 Å². The van der Waals surface area contributed by atoms with Gasteiger partial charge in [0.1, 0.15) is 16.7 Å². The van der Waals surface area contributed by atoms with Crippen LogP contribution >= 0.6 is 23.4 Å². The van der Waals surface area contributed by atoms with Crippen molar-refractivity contribution in [3.63, 3.8) is 0 Å². The predicted molar refractivity (Wildman–Crippen MR) is 190 cm³/mol. The largest absolute Gasteiger partial charge is 0.495 e. The number of benzene rings is 5. The molecule has 5 rings (SSSR count).